The number of rotatable bonds is 7. The van der Waals surface area contributed by atoms with Gasteiger partial charge in [0, 0.05) is 16.8 Å². The number of aliphatic imine (C=N–C) groups is 1. The normalized spacial score (nSPS) is 15.1. The van der Waals surface area contributed by atoms with E-state index in [0.717, 1.165) is 52.4 Å². The van der Waals surface area contributed by atoms with E-state index in [4.69, 9.17) is 9.73 Å². The first kappa shape index (κ1) is 27.9. The highest BCUT2D eigenvalue weighted by Gasteiger charge is 2.33. The van der Waals surface area contributed by atoms with Crippen LogP contribution in [0.2, 0.25) is 0 Å². The molecule has 0 saturated heterocycles. The Morgan fingerprint density at radius 2 is 1.69 bits per heavy atom. The molecule has 212 valence electrons. The summed E-state index contributed by atoms with van der Waals surface area (Å²) in [5.74, 6) is 1.31. The summed E-state index contributed by atoms with van der Waals surface area (Å²) in [6.07, 6.45) is 4.84. The third kappa shape index (κ3) is 6.17. The number of hydrogen-bond donors (Lipinski definition) is 1. The molecular formula is C37H36N2O2S. The molecule has 4 nitrogen and oxygen atoms in total. The minimum Gasteiger partial charge on any atom is -0.489 e. The molecule has 1 N–H and O–H groups in total. The van der Waals surface area contributed by atoms with Gasteiger partial charge in [0.2, 0.25) is 0 Å². The van der Waals surface area contributed by atoms with Crippen LogP contribution in [0.4, 0.5) is 10.7 Å². The molecule has 5 heteroatoms. The van der Waals surface area contributed by atoms with Gasteiger partial charge in [-0.1, -0.05) is 81.4 Å². The van der Waals surface area contributed by atoms with Crippen molar-refractivity contribution in [3.63, 3.8) is 0 Å². The molecule has 1 heterocycles. The van der Waals surface area contributed by atoms with Crippen LogP contribution in [0.15, 0.2) is 102 Å². The van der Waals surface area contributed by atoms with Gasteiger partial charge in [-0.3, -0.25) is 4.79 Å². The SMILES string of the molecule is CC(C)(C)[C@@H]1CCc2c(sc(N=Cc3ccc(OCc4cccc5ccccc45)cc3)c2C(=O)Nc2ccccc2)C1. The molecule has 0 saturated carbocycles. The summed E-state index contributed by atoms with van der Waals surface area (Å²) in [6, 6.07) is 32.3. The summed E-state index contributed by atoms with van der Waals surface area (Å²) in [6.45, 7) is 7.44. The summed E-state index contributed by atoms with van der Waals surface area (Å²) < 4.78 is 6.12. The number of thiophene rings is 1. The first-order chi connectivity index (χ1) is 20.3. The van der Waals surface area contributed by atoms with Crippen LogP contribution in [0.1, 0.15) is 59.1 Å². The molecule has 5 aromatic rings. The highest BCUT2D eigenvalue weighted by molar-refractivity contribution is 7.16. The van der Waals surface area contributed by atoms with E-state index in [1.165, 1.54) is 21.2 Å². The highest BCUT2D eigenvalue weighted by atomic mass is 32.1. The van der Waals surface area contributed by atoms with Gasteiger partial charge in [-0.05, 0) is 94.5 Å². The molecule has 0 spiro atoms. The van der Waals surface area contributed by atoms with E-state index >= 15 is 0 Å². The molecule has 0 bridgehead atoms. The van der Waals surface area contributed by atoms with Crippen molar-refractivity contribution in [1.82, 2.24) is 0 Å². The van der Waals surface area contributed by atoms with Gasteiger partial charge in [0.1, 0.15) is 17.4 Å². The third-order valence-electron chi connectivity index (χ3n) is 8.22. The smallest absolute Gasteiger partial charge is 0.259 e. The molecule has 1 aliphatic rings. The van der Waals surface area contributed by atoms with Gasteiger partial charge in [0.05, 0.1) is 5.56 Å². The van der Waals surface area contributed by atoms with E-state index < -0.39 is 0 Å². The van der Waals surface area contributed by atoms with Crippen molar-refractivity contribution in [3.05, 3.63) is 124 Å². The number of amides is 1. The fourth-order valence-corrected chi connectivity index (χ4v) is 6.98. The Kier molecular flexibility index (Phi) is 7.94. The van der Waals surface area contributed by atoms with Crippen molar-refractivity contribution in [3.8, 4) is 5.75 Å². The molecule has 0 aliphatic heterocycles. The van der Waals surface area contributed by atoms with Crippen molar-refractivity contribution < 1.29 is 9.53 Å². The van der Waals surface area contributed by atoms with Crippen molar-refractivity contribution in [2.24, 2.45) is 16.3 Å². The van der Waals surface area contributed by atoms with Gasteiger partial charge in [-0.25, -0.2) is 4.99 Å². The topological polar surface area (TPSA) is 50.7 Å². The molecule has 1 amide bonds. The fraction of sp³-hybridized carbons (Fsp3) is 0.243. The second-order valence-electron chi connectivity index (χ2n) is 12.1. The number of carbonyl (C=O) groups excluding carboxylic acids is 1. The molecule has 1 atom stereocenters. The van der Waals surface area contributed by atoms with Crippen LogP contribution in [-0.4, -0.2) is 12.1 Å². The maximum atomic E-state index is 13.6. The van der Waals surface area contributed by atoms with Gasteiger partial charge in [-0.15, -0.1) is 11.3 Å². The number of anilines is 1. The molecule has 0 radical (unpaired) electrons. The Morgan fingerprint density at radius 1 is 0.952 bits per heavy atom. The number of nitrogens with zero attached hydrogens (tertiary/aromatic N) is 1. The Hall–Kier alpha value is -4.22. The molecule has 0 unspecified atom stereocenters. The van der Waals surface area contributed by atoms with Crippen LogP contribution in [0.5, 0.6) is 5.75 Å². The average Bonchev–Trinajstić information content (AvgIpc) is 3.37. The number of para-hydroxylation sites is 1. The van der Waals surface area contributed by atoms with E-state index in [-0.39, 0.29) is 11.3 Å². The predicted molar refractivity (Wildman–Crippen MR) is 176 cm³/mol. The van der Waals surface area contributed by atoms with Crippen molar-refractivity contribution in [2.75, 3.05) is 5.32 Å². The number of ether oxygens (including phenoxy) is 1. The summed E-state index contributed by atoms with van der Waals surface area (Å²) in [5, 5.41) is 6.30. The molecule has 6 rings (SSSR count). The van der Waals surface area contributed by atoms with E-state index in [2.05, 4.69) is 68.6 Å². The standard InChI is InChI=1S/C37H36N2O2S/c1-37(2,3)28-18-21-32-33(22-28)42-36(34(32)35(40)39-29-13-5-4-6-14-29)38-23-25-16-19-30(20-17-25)41-24-27-12-9-11-26-10-7-8-15-31(26)27/h4-17,19-20,23,28H,18,21-22,24H2,1-3H3,(H,39,40)/t28-/m1/s1. The lowest BCUT2D eigenvalue weighted by atomic mass is 9.72. The Labute approximate surface area is 252 Å². The zero-order valence-corrected chi connectivity index (χ0v) is 25.2. The lowest BCUT2D eigenvalue weighted by Crippen LogP contribution is -2.27. The highest BCUT2D eigenvalue weighted by Crippen LogP contribution is 2.45. The van der Waals surface area contributed by atoms with Crippen LogP contribution < -0.4 is 10.1 Å². The quantitative estimate of drug-likeness (QED) is 0.197. The second kappa shape index (κ2) is 11.9. The summed E-state index contributed by atoms with van der Waals surface area (Å²) in [4.78, 5) is 19.8. The second-order valence-corrected chi connectivity index (χ2v) is 13.1. The van der Waals surface area contributed by atoms with Gasteiger partial charge < -0.3 is 10.1 Å². The summed E-state index contributed by atoms with van der Waals surface area (Å²) >= 11 is 1.67. The first-order valence-electron chi connectivity index (χ1n) is 14.6. The Bertz CT molecular complexity index is 1720. The largest absolute Gasteiger partial charge is 0.489 e. The predicted octanol–water partition coefficient (Wildman–Crippen LogP) is 9.63. The van der Waals surface area contributed by atoms with Crippen LogP contribution >= 0.6 is 11.3 Å². The van der Waals surface area contributed by atoms with Crippen molar-refractivity contribution in [1.29, 1.82) is 0 Å². The minimum atomic E-state index is -0.0859. The van der Waals surface area contributed by atoms with Crippen molar-refractivity contribution in [2.45, 2.75) is 46.6 Å². The van der Waals surface area contributed by atoms with E-state index in [1.807, 2.05) is 60.8 Å². The lowest BCUT2D eigenvalue weighted by Gasteiger charge is -2.33. The van der Waals surface area contributed by atoms with Crippen LogP contribution in [-0.2, 0) is 19.4 Å². The Morgan fingerprint density at radius 3 is 2.48 bits per heavy atom. The van der Waals surface area contributed by atoms with Gasteiger partial charge in [-0.2, -0.15) is 0 Å². The maximum absolute atomic E-state index is 13.6. The minimum absolute atomic E-state index is 0.0859. The van der Waals surface area contributed by atoms with Crippen LogP contribution in [0.25, 0.3) is 10.8 Å². The number of hydrogen-bond acceptors (Lipinski definition) is 4. The molecule has 4 aromatic carbocycles. The van der Waals surface area contributed by atoms with Gasteiger partial charge >= 0.3 is 0 Å². The molecule has 42 heavy (non-hydrogen) atoms. The average molecular weight is 573 g/mol. The maximum Gasteiger partial charge on any atom is 0.259 e. The van der Waals surface area contributed by atoms with Gasteiger partial charge in [0.15, 0.2) is 0 Å². The number of carbonyl (C=O) groups is 1. The zero-order valence-electron chi connectivity index (χ0n) is 24.4. The van der Waals surface area contributed by atoms with Crippen molar-refractivity contribution >= 4 is 44.9 Å². The summed E-state index contributed by atoms with van der Waals surface area (Å²) in [7, 11) is 0. The van der Waals surface area contributed by atoms with Crippen LogP contribution in [0.3, 0.4) is 0 Å². The monoisotopic (exact) mass is 572 g/mol. The Balaban J connectivity index is 1.21. The lowest BCUT2D eigenvalue weighted by molar-refractivity contribution is 0.102. The molecule has 1 aromatic heterocycles. The van der Waals surface area contributed by atoms with E-state index in [9.17, 15) is 4.79 Å². The fourth-order valence-electron chi connectivity index (χ4n) is 5.71. The van der Waals surface area contributed by atoms with Crippen LogP contribution in [0, 0.1) is 11.3 Å². The number of nitrogens with one attached hydrogen (secondary N) is 1. The van der Waals surface area contributed by atoms with E-state index in [0.29, 0.717) is 12.5 Å². The zero-order chi connectivity index (χ0) is 29.1. The molecule has 1 aliphatic carbocycles. The summed E-state index contributed by atoms with van der Waals surface area (Å²) in [5.41, 5.74) is 5.03. The molecule has 0 fully saturated rings. The third-order valence-corrected chi connectivity index (χ3v) is 9.38. The van der Waals surface area contributed by atoms with E-state index in [1.54, 1.807) is 11.3 Å². The number of benzene rings is 4. The first-order valence-corrected chi connectivity index (χ1v) is 15.4. The number of fused-ring (bicyclic) bond motifs is 2. The molecular weight excluding hydrogens is 536 g/mol. The van der Waals surface area contributed by atoms with Gasteiger partial charge in [0.25, 0.3) is 5.91 Å².